The molecule has 2 atom stereocenters. The second-order valence-corrected chi connectivity index (χ2v) is 6.92. The van der Waals surface area contributed by atoms with Crippen LogP contribution >= 0.6 is 22.9 Å². The van der Waals surface area contributed by atoms with Crippen LogP contribution in [0.5, 0.6) is 0 Å². The van der Waals surface area contributed by atoms with Gasteiger partial charge in [0.25, 0.3) is 0 Å². The predicted octanol–water partition coefficient (Wildman–Crippen LogP) is 2.01. The molecule has 0 saturated carbocycles. The summed E-state index contributed by atoms with van der Waals surface area (Å²) in [7, 11) is 0. The Morgan fingerprint density at radius 2 is 2.48 bits per heavy atom. The van der Waals surface area contributed by atoms with Crippen LogP contribution in [-0.4, -0.2) is 27.1 Å². The van der Waals surface area contributed by atoms with Crippen molar-refractivity contribution in [1.29, 1.82) is 0 Å². The van der Waals surface area contributed by atoms with Crippen LogP contribution in [0.4, 0.5) is 0 Å². The lowest BCUT2D eigenvalue weighted by Gasteiger charge is -2.23. The summed E-state index contributed by atoms with van der Waals surface area (Å²) < 4.78 is 2.71. The van der Waals surface area contributed by atoms with Crippen molar-refractivity contribution in [2.24, 2.45) is 5.92 Å². The lowest BCUT2D eigenvalue weighted by molar-refractivity contribution is -0.126. The van der Waals surface area contributed by atoms with Crippen molar-refractivity contribution in [2.45, 2.75) is 25.5 Å². The Labute approximate surface area is 131 Å². The lowest BCUT2D eigenvalue weighted by Crippen LogP contribution is -2.37. The summed E-state index contributed by atoms with van der Waals surface area (Å²) in [6, 6.07) is 3.53. The van der Waals surface area contributed by atoms with E-state index in [1.54, 1.807) is 18.5 Å². The molecule has 7 heteroatoms. The number of rotatable bonds is 4. The highest BCUT2D eigenvalue weighted by Crippen LogP contribution is 2.26. The fraction of sp³-hybridized carbons (Fsp3) is 0.429. The second-order valence-electron chi connectivity index (χ2n) is 5.17. The average Bonchev–Trinajstić information content (AvgIpc) is 3.12. The van der Waals surface area contributed by atoms with Gasteiger partial charge in [0.2, 0.25) is 5.91 Å². The fourth-order valence-electron chi connectivity index (χ4n) is 2.54. The van der Waals surface area contributed by atoms with Crippen LogP contribution in [0.25, 0.3) is 0 Å². The summed E-state index contributed by atoms with van der Waals surface area (Å²) in [5.74, 6) is -0.0579. The van der Waals surface area contributed by atoms with Crippen molar-refractivity contribution in [3.63, 3.8) is 0 Å². The van der Waals surface area contributed by atoms with Gasteiger partial charge < -0.3 is 15.0 Å². The van der Waals surface area contributed by atoms with Crippen LogP contribution in [0.15, 0.2) is 24.7 Å². The highest BCUT2D eigenvalue weighted by molar-refractivity contribution is 7.16. The van der Waals surface area contributed by atoms with Crippen molar-refractivity contribution < 1.29 is 9.90 Å². The van der Waals surface area contributed by atoms with Gasteiger partial charge in [-0.05, 0) is 18.6 Å². The number of fused-ring (bicyclic) bond motifs is 1. The molecule has 1 aliphatic rings. The van der Waals surface area contributed by atoms with Gasteiger partial charge in [-0.25, -0.2) is 4.98 Å². The smallest absolute Gasteiger partial charge is 0.223 e. The number of aliphatic hydroxyl groups is 1. The number of thiophene rings is 1. The number of hydrogen-bond acceptors (Lipinski definition) is 4. The molecule has 0 saturated heterocycles. The molecule has 1 amide bonds. The molecule has 0 radical (unpaired) electrons. The van der Waals surface area contributed by atoms with Gasteiger partial charge in [-0.3, -0.25) is 4.79 Å². The van der Waals surface area contributed by atoms with Crippen LogP contribution < -0.4 is 5.32 Å². The number of amides is 1. The van der Waals surface area contributed by atoms with E-state index in [1.165, 1.54) is 11.3 Å². The summed E-state index contributed by atoms with van der Waals surface area (Å²) in [4.78, 5) is 17.1. The molecule has 0 aromatic carbocycles. The van der Waals surface area contributed by atoms with E-state index in [2.05, 4.69) is 14.9 Å². The maximum Gasteiger partial charge on any atom is 0.223 e. The van der Waals surface area contributed by atoms with E-state index in [1.807, 2.05) is 6.20 Å². The zero-order chi connectivity index (χ0) is 14.8. The number of nitrogens with zero attached hydrogens (tertiary/aromatic N) is 2. The molecule has 0 aliphatic carbocycles. The molecule has 3 heterocycles. The normalized spacial score (nSPS) is 19.0. The number of aryl methyl sites for hydroxylation is 1. The molecule has 5 nitrogen and oxygen atoms in total. The first kappa shape index (κ1) is 14.6. The summed E-state index contributed by atoms with van der Waals surface area (Å²) in [5, 5.41) is 12.9. The molecule has 112 valence electrons. The van der Waals surface area contributed by atoms with Gasteiger partial charge in [0.15, 0.2) is 0 Å². The number of aliphatic hydroxyl groups excluding tert-OH is 1. The first-order chi connectivity index (χ1) is 10.1. The fourth-order valence-corrected chi connectivity index (χ4v) is 3.59. The number of hydrogen-bond donors (Lipinski definition) is 2. The Morgan fingerprint density at radius 1 is 1.62 bits per heavy atom. The van der Waals surface area contributed by atoms with Crippen molar-refractivity contribution >= 4 is 28.8 Å². The Balaban J connectivity index is 1.53. The maximum atomic E-state index is 12.2. The maximum absolute atomic E-state index is 12.2. The van der Waals surface area contributed by atoms with Crippen LogP contribution in [0, 0.1) is 5.92 Å². The monoisotopic (exact) mass is 325 g/mol. The van der Waals surface area contributed by atoms with E-state index in [9.17, 15) is 9.90 Å². The lowest BCUT2D eigenvalue weighted by atomic mass is 9.95. The van der Waals surface area contributed by atoms with E-state index in [0.29, 0.717) is 10.8 Å². The van der Waals surface area contributed by atoms with E-state index in [-0.39, 0.29) is 18.4 Å². The van der Waals surface area contributed by atoms with Crippen molar-refractivity contribution in [3.05, 3.63) is 39.6 Å². The van der Waals surface area contributed by atoms with Gasteiger partial charge in [0, 0.05) is 42.2 Å². The first-order valence-electron chi connectivity index (χ1n) is 6.83. The predicted molar refractivity (Wildman–Crippen MR) is 81.3 cm³/mol. The molecule has 21 heavy (non-hydrogen) atoms. The molecule has 2 N–H and O–H groups in total. The van der Waals surface area contributed by atoms with E-state index >= 15 is 0 Å². The Morgan fingerprint density at radius 3 is 3.24 bits per heavy atom. The molecule has 1 aliphatic heterocycles. The third-order valence-electron chi connectivity index (χ3n) is 3.74. The van der Waals surface area contributed by atoms with Gasteiger partial charge in [-0.1, -0.05) is 11.6 Å². The number of carbonyl (C=O) groups excluding carboxylic acids is 1. The van der Waals surface area contributed by atoms with Crippen LogP contribution in [0.3, 0.4) is 0 Å². The number of halogens is 1. The van der Waals surface area contributed by atoms with E-state index in [4.69, 9.17) is 11.6 Å². The number of aromatic nitrogens is 2. The van der Waals surface area contributed by atoms with Crippen LogP contribution in [0.1, 0.15) is 23.1 Å². The molecular weight excluding hydrogens is 310 g/mol. The van der Waals surface area contributed by atoms with Crippen molar-refractivity contribution in [1.82, 2.24) is 14.9 Å². The quantitative estimate of drug-likeness (QED) is 0.903. The van der Waals surface area contributed by atoms with Crippen molar-refractivity contribution in [2.75, 3.05) is 6.54 Å². The Bertz CT molecular complexity index is 640. The van der Waals surface area contributed by atoms with Crippen molar-refractivity contribution in [3.8, 4) is 0 Å². The molecule has 0 bridgehead atoms. The first-order valence-corrected chi connectivity index (χ1v) is 8.03. The molecule has 2 aromatic rings. The third kappa shape index (κ3) is 3.28. The second kappa shape index (κ2) is 6.17. The Kier molecular flexibility index (Phi) is 4.28. The molecule has 2 aromatic heterocycles. The highest BCUT2D eigenvalue weighted by atomic mass is 35.5. The minimum Gasteiger partial charge on any atom is -0.386 e. The SMILES string of the molecule is O=C(NCC(O)c1ccc(Cl)s1)C1CCn2cncc2C1. The molecule has 0 spiro atoms. The third-order valence-corrected chi connectivity index (χ3v) is 5.07. The standard InChI is InChI=1S/C14H16ClN3O2S/c15-13-2-1-12(21-13)11(19)7-17-14(20)9-3-4-18-8-16-6-10(18)5-9/h1-2,6,8-9,11,19H,3-5,7H2,(H,17,20). The topological polar surface area (TPSA) is 67.2 Å². The molecule has 2 unspecified atom stereocenters. The van der Waals surface area contributed by atoms with Gasteiger partial charge >= 0.3 is 0 Å². The summed E-state index contributed by atoms with van der Waals surface area (Å²) in [6.45, 7) is 1.03. The number of carbonyl (C=O) groups is 1. The molecule has 3 rings (SSSR count). The van der Waals surface area contributed by atoms with Gasteiger partial charge in [-0.15, -0.1) is 11.3 Å². The van der Waals surface area contributed by atoms with Crippen LogP contribution in [-0.2, 0) is 17.8 Å². The van der Waals surface area contributed by atoms with Gasteiger partial charge in [0.05, 0.1) is 10.7 Å². The largest absolute Gasteiger partial charge is 0.386 e. The summed E-state index contributed by atoms with van der Waals surface area (Å²) >= 11 is 7.17. The minimum absolute atomic E-state index is 0.0100. The summed E-state index contributed by atoms with van der Waals surface area (Å²) in [6.07, 6.45) is 4.40. The van der Waals surface area contributed by atoms with E-state index < -0.39 is 6.10 Å². The zero-order valence-electron chi connectivity index (χ0n) is 11.3. The van der Waals surface area contributed by atoms with Gasteiger partial charge in [-0.2, -0.15) is 0 Å². The summed E-state index contributed by atoms with van der Waals surface area (Å²) in [5.41, 5.74) is 1.09. The minimum atomic E-state index is -0.708. The molecular formula is C14H16ClN3O2S. The average molecular weight is 326 g/mol. The van der Waals surface area contributed by atoms with Crippen LogP contribution in [0.2, 0.25) is 4.34 Å². The Hall–Kier alpha value is -1.37. The number of nitrogens with one attached hydrogen (secondary N) is 1. The highest BCUT2D eigenvalue weighted by Gasteiger charge is 2.25. The number of imidazole rings is 1. The van der Waals surface area contributed by atoms with E-state index in [0.717, 1.165) is 23.5 Å². The van der Waals surface area contributed by atoms with Gasteiger partial charge in [0.1, 0.15) is 6.10 Å². The zero-order valence-corrected chi connectivity index (χ0v) is 12.9. The molecule has 0 fully saturated rings.